The van der Waals surface area contributed by atoms with Gasteiger partial charge in [0, 0.05) is 16.7 Å². The molecule has 11 rings (SSSR count). The smallest absolute Gasteiger partial charge is 0.164 e. The Morgan fingerprint density at radius 2 is 0.486 bits per heavy atom. The summed E-state index contributed by atoms with van der Waals surface area (Å²) in [6.07, 6.45) is 0. The van der Waals surface area contributed by atoms with Gasteiger partial charge in [0.2, 0.25) is 0 Å². The van der Waals surface area contributed by atoms with E-state index in [2.05, 4.69) is 261 Å². The van der Waals surface area contributed by atoms with Gasteiger partial charge < -0.3 is 0 Å². The molecule has 4 heteroatoms. The van der Waals surface area contributed by atoms with Gasteiger partial charge in [-0.3, -0.25) is 0 Å². The molecule has 0 aliphatic rings. The van der Waals surface area contributed by atoms with Crippen molar-refractivity contribution in [1.82, 2.24) is 15.0 Å². The quantitative estimate of drug-likeness (QED) is 0.115. The molecule has 0 N–H and O–H groups in total. The molecule has 10 aromatic carbocycles. The summed E-state index contributed by atoms with van der Waals surface area (Å²) in [5, 5.41) is 9.42. The number of hydrogen-bond donors (Lipinski definition) is 0. The van der Waals surface area contributed by atoms with Gasteiger partial charge in [-0.05, 0) is 102 Å². The molecule has 1 heterocycles. The lowest BCUT2D eigenvalue weighted by Gasteiger charge is -2.19. The van der Waals surface area contributed by atoms with Gasteiger partial charge in [0.25, 0.3) is 0 Å². The first-order valence-electron chi connectivity index (χ1n) is 24.1. The minimum atomic E-state index is 0.554. The zero-order valence-corrected chi connectivity index (χ0v) is 39.3. The molecule has 0 saturated heterocycles. The Bertz CT molecular complexity index is 3450. The third-order valence-electron chi connectivity index (χ3n) is 12.8. The molecule has 1 aromatic heterocycles. The van der Waals surface area contributed by atoms with Crippen molar-refractivity contribution in [1.29, 1.82) is 5.26 Å². The monoisotopic (exact) mass is 918 g/mol. The van der Waals surface area contributed by atoms with Crippen LogP contribution >= 0.6 is 0 Å². The van der Waals surface area contributed by atoms with E-state index in [-0.39, 0.29) is 0 Å². The fraction of sp³-hybridized carbons (Fsp3) is 0. The van der Waals surface area contributed by atoms with Gasteiger partial charge >= 0.3 is 0 Å². The van der Waals surface area contributed by atoms with Crippen LogP contribution in [-0.2, 0) is 0 Å². The number of hydrogen-bond acceptors (Lipinski definition) is 4. The van der Waals surface area contributed by atoms with Crippen molar-refractivity contribution < 1.29 is 0 Å². The average Bonchev–Trinajstić information content (AvgIpc) is 3.47. The molecular weight excluding hydrogens is 873 g/mol. The van der Waals surface area contributed by atoms with Crippen LogP contribution in [0.5, 0.6) is 0 Å². The van der Waals surface area contributed by atoms with Crippen molar-refractivity contribution in [3.8, 4) is 51.4 Å². The highest BCUT2D eigenvalue weighted by molar-refractivity contribution is 6.06. The van der Waals surface area contributed by atoms with Gasteiger partial charge in [-0.25, -0.2) is 15.0 Å². The van der Waals surface area contributed by atoms with Crippen LogP contribution in [0.2, 0.25) is 0 Å². The van der Waals surface area contributed by atoms with E-state index in [1.807, 2.05) is 24.3 Å². The van der Waals surface area contributed by atoms with Gasteiger partial charge in [0.15, 0.2) is 17.5 Å². The Morgan fingerprint density at radius 1 is 0.236 bits per heavy atom. The van der Waals surface area contributed by atoms with Crippen molar-refractivity contribution in [2.24, 2.45) is 0 Å². The summed E-state index contributed by atoms with van der Waals surface area (Å²) in [4.78, 5) is 15.9. The number of benzene rings is 10. The van der Waals surface area contributed by atoms with E-state index >= 15 is 0 Å². The first-order valence-corrected chi connectivity index (χ1v) is 24.1. The molecule has 0 amide bonds. The second-order valence-corrected chi connectivity index (χ2v) is 17.4. The van der Waals surface area contributed by atoms with Crippen LogP contribution in [0.4, 0.5) is 0 Å². The fourth-order valence-electron chi connectivity index (χ4n) is 9.39. The maximum atomic E-state index is 9.42. The highest BCUT2D eigenvalue weighted by Gasteiger charge is 2.21. The van der Waals surface area contributed by atoms with Crippen molar-refractivity contribution in [3.05, 3.63) is 329 Å². The Hall–Kier alpha value is -9.82. The molecule has 338 valence electrons. The van der Waals surface area contributed by atoms with Gasteiger partial charge in [-0.2, -0.15) is 5.26 Å². The topological polar surface area (TPSA) is 62.5 Å². The Kier molecular flexibility index (Phi) is 12.9. The van der Waals surface area contributed by atoms with Crippen LogP contribution in [0.1, 0.15) is 50.1 Å². The lowest BCUT2D eigenvalue weighted by molar-refractivity contribution is 1.07. The minimum absolute atomic E-state index is 0.554. The van der Waals surface area contributed by atoms with E-state index < -0.39 is 0 Å². The predicted molar refractivity (Wildman–Crippen MR) is 295 cm³/mol. The summed E-state index contributed by atoms with van der Waals surface area (Å²) in [6, 6.07) is 99.0. The van der Waals surface area contributed by atoms with Gasteiger partial charge in [0.05, 0.1) is 11.6 Å². The summed E-state index contributed by atoms with van der Waals surface area (Å²) in [6.45, 7) is 0. The van der Waals surface area contributed by atoms with E-state index in [0.717, 1.165) is 94.6 Å². The Balaban J connectivity index is 1.11. The molecule has 0 aliphatic heterocycles. The Morgan fingerprint density at radius 3 is 0.792 bits per heavy atom. The lowest BCUT2D eigenvalue weighted by Crippen LogP contribution is -2.02. The van der Waals surface area contributed by atoms with E-state index in [4.69, 9.17) is 15.0 Å². The summed E-state index contributed by atoms with van der Waals surface area (Å²) < 4.78 is 0. The largest absolute Gasteiger partial charge is 0.208 e. The standard InChI is InChI=1S/C68H46N4/c69-47-48-37-39-49(40-38-48)50-41-43-57(44-42-50)66-70-67(60-35-19-33-58(45-60)64(55-29-15-5-16-30-55)62(51-21-7-1-8-22-51)52-23-9-2-10-24-52)72-68(71-66)61-36-20-34-59(46-61)65(56-31-17-6-18-32-56)63(53-25-11-3-12-26-53)54-27-13-4-14-28-54/h1-46H. The molecule has 0 bridgehead atoms. The predicted octanol–water partition coefficient (Wildman–Crippen LogP) is 16.4. The van der Waals surface area contributed by atoms with Crippen LogP contribution in [0.25, 0.3) is 67.6 Å². The number of nitriles is 1. The summed E-state index contributed by atoms with van der Waals surface area (Å²) in [7, 11) is 0. The van der Waals surface area contributed by atoms with Crippen molar-refractivity contribution in [3.63, 3.8) is 0 Å². The van der Waals surface area contributed by atoms with E-state index in [0.29, 0.717) is 23.0 Å². The molecule has 4 nitrogen and oxygen atoms in total. The normalized spacial score (nSPS) is 10.8. The Labute approximate surface area is 420 Å². The molecule has 0 saturated carbocycles. The summed E-state index contributed by atoms with van der Waals surface area (Å²) in [5.74, 6) is 1.66. The SMILES string of the molecule is N#Cc1ccc(-c2ccc(-c3nc(-c4cccc(C(=C(c5ccccc5)c5ccccc5)c5ccccc5)c4)nc(-c4cccc(C(=C(c5ccccc5)c5ccccc5)c5ccccc5)c4)n3)cc2)cc1. The number of aromatic nitrogens is 3. The molecule has 0 radical (unpaired) electrons. The van der Waals surface area contributed by atoms with E-state index in [1.54, 1.807) is 0 Å². The van der Waals surface area contributed by atoms with Crippen molar-refractivity contribution in [2.45, 2.75) is 0 Å². The third kappa shape index (κ3) is 9.60. The minimum Gasteiger partial charge on any atom is -0.208 e. The summed E-state index contributed by atoms with van der Waals surface area (Å²) in [5.41, 5.74) is 18.4. The molecule has 0 spiro atoms. The molecule has 0 fully saturated rings. The van der Waals surface area contributed by atoms with Crippen molar-refractivity contribution in [2.75, 3.05) is 0 Å². The van der Waals surface area contributed by atoms with Crippen LogP contribution in [0, 0.1) is 11.3 Å². The fourth-order valence-corrected chi connectivity index (χ4v) is 9.39. The maximum Gasteiger partial charge on any atom is 0.164 e. The van der Waals surface area contributed by atoms with Gasteiger partial charge in [0.1, 0.15) is 0 Å². The summed E-state index contributed by atoms with van der Waals surface area (Å²) >= 11 is 0. The first-order chi connectivity index (χ1) is 35.7. The molecule has 72 heavy (non-hydrogen) atoms. The van der Waals surface area contributed by atoms with Gasteiger partial charge in [-0.15, -0.1) is 0 Å². The zero-order chi connectivity index (χ0) is 48.5. The van der Waals surface area contributed by atoms with Crippen LogP contribution < -0.4 is 0 Å². The number of rotatable bonds is 12. The maximum absolute atomic E-state index is 9.42. The molecule has 11 aromatic rings. The van der Waals surface area contributed by atoms with E-state index in [1.165, 1.54) is 0 Å². The van der Waals surface area contributed by atoms with Crippen molar-refractivity contribution >= 4 is 22.3 Å². The lowest BCUT2D eigenvalue weighted by atomic mass is 9.85. The average molecular weight is 919 g/mol. The second-order valence-electron chi connectivity index (χ2n) is 17.4. The van der Waals surface area contributed by atoms with Crippen LogP contribution in [-0.4, -0.2) is 15.0 Å². The second kappa shape index (κ2) is 20.8. The molecular formula is C68H46N4. The highest BCUT2D eigenvalue weighted by atomic mass is 15.0. The van der Waals surface area contributed by atoms with E-state index in [9.17, 15) is 5.26 Å². The molecule has 0 atom stereocenters. The molecule has 0 unspecified atom stereocenters. The first kappa shape index (κ1) is 44.7. The highest BCUT2D eigenvalue weighted by Crippen LogP contribution is 2.40. The van der Waals surface area contributed by atoms with Crippen LogP contribution in [0.15, 0.2) is 279 Å². The van der Waals surface area contributed by atoms with Crippen LogP contribution in [0.3, 0.4) is 0 Å². The third-order valence-corrected chi connectivity index (χ3v) is 12.8. The van der Waals surface area contributed by atoms with Gasteiger partial charge in [-0.1, -0.05) is 255 Å². The number of nitrogens with zero attached hydrogens (tertiary/aromatic N) is 4. The molecule has 0 aliphatic carbocycles. The zero-order valence-electron chi connectivity index (χ0n) is 39.3.